The summed E-state index contributed by atoms with van der Waals surface area (Å²) in [5.41, 5.74) is 0.347. The molecule has 0 radical (unpaired) electrons. The highest BCUT2D eigenvalue weighted by molar-refractivity contribution is 14.0. The van der Waals surface area contributed by atoms with Gasteiger partial charge < -0.3 is 15.4 Å². The Bertz CT molecular complexity index is 332. The Balaban J connectivity index is 0.00000242. The van der Waals surface area contributed by atoms with Crippen molar-refractivity contribution in [3.63, 3.8) is 0 Å². The number of methoxy groups -OCH3 is 1. The summed E-state index contributed by atoms with van der Waals surface area (Å²) in [5, 5.41) is 6.85. The molecule has 0 bridgehead atoms. The molecule has 130 valence electrons. The van der Waals surface area contributed by atoms with Crippen LogP contribution in [0.1, 0.15) is 25.7 Å². The predicted molar refractivity (Wildman–Crippen MR) is 107 cm³/mol. The number of nitrogens with one attached hydrogen (secondary N) is 2. The van der Waals surface area contributed by atoms with Crippen molar-refractivity contribution in [3.05, 3.63) is 0 Å². The third-order valence-corrected chi connectivity index (χ3v) is 5.57. The smallest absolute Gasteiger partial charge is 0.191 e. The van der Waals surface area contributed by atoms with Gasteiger partial charge >= 0.3 is 0 Å². The maximum atomic E-state index is 5.07. The molecule has 0 spiro atoms. The summed E-state index contributed by atoms with van der Waals surface area (Å²) in [6, 6.07) is 0. The SMILES string of the molecule is CN=C(NCCOC)NCC1(N2CCSCC2)CCCC1.I. The van der Waals surface area contributed by atoms with Crippen LogP contribution in [-0.4, -0.2) is 74.8 Å². The van der Waals surface area contributed by atoms with Gasteiger partial charge in [-0.1, -0.05) is 12.8 Å². The van der Waals surface area contributed by atoms with Crippen LogP contribution in [0, 0.1) is 0 Å². The lowest BCUT2D eigenvalue weighted by molar-refractivity contribution is 0.107. The van der Waals surface area contributed by atoms with Gasteiger partial charge in [-0.3, -0.25) is 9.89 Å². The zero-order chi connectivity index (χ0) is 15.0. The first kappa shape index (κ1) is 20.3. The summed E-state index contributed by atoms with van der Waals surface area (Å²) in [6.07, 6.45) is 5.36. The van der Waals surface area contributed by atoms with Crippen LogP contribution in [0.5, 0.6) is 0 Å². The molecule has 0 aromatic rings. The Hall–Kier alpha value is 0.270. The maximum Gasteiger partial charge on any atom is 0.191 e. The van der Waals surface area contributed by atoms with Crippen LogP contribution < -0.4 is 10.6 Å². The van der Waals surface area contributed by atoms with E-state index in [4.69, 9.17) is 4.74 Å². The largest absolute Gasteiger partial charge is 0.383 e. The van der Waals surface area contributed by atoms with E-state index in [1.165, 1.54) is 50.3 Å². The molecule has 1 aliphatic heterocycles. The van der Waals surface area contributed by atoms with Crippen LogP contribution in [-0.2, 0) is 4.74 Å². The van der Waals surface area contributed by atoms with Gasteiger partial charge in [0.15, 0.2) is 5.96 Å². The molecular formula is C15H31IN4OS. The summed E-state index contributed by atoms with van der Waals surface area (Å²) < 4.78 is 5.07. The maximum absolute atomic E-state index is 5.07. The van der Waals surface area contributed by atoms with Crippen LogP contribution in [0.3, 0.4) is 0 Å². The van der Waals surface area contributed by atoms with Crippen molar-refractivity contribution in [1.82, 2.24) is 15.5 Å². The summed E-state index contributed by atoms with van der Waals surface area (Å²) in [6.45, 7) is 4.98. The van der Waals surface area contributed by atoms with Gasteiger partial charge in [-0.15, -0.1) is 24.0 Å². The molecular weight excluding hydrogens is 411 g/mol. The van der Waals surface area contributed by atoms with E-state index < -0.39 is 0 Å². The summed E-state index contributed by atoms with van der Waals surface area (Å²) in [4.78, 5) is 7.04. The second kappa shape index (κ2) is 10.9. The molecule has 2 N–H and O–H groups in total. The molecule has 1 heterocycles. The number of nitrogens with zero attached hydrogens (tertiary/aromatic N) is 2. The van der Waals surface area contributed by atoms with Gasteiger partial charge in [0.1, 0.15) is 0 Å². The van der Waals surface area contributed by atoms with E-state index in [9.17, 15) is 0 Å². The third kappa shape index (κ3) is 5.72. The first-order valence-electron chi connectivity index (χ1n) is 8.07. The second-order valence-corrected chi connectivity index (χ2v) is 7.10. The van der Waals surface area contributed by atoms with Crippen molar-refractivity contribution in [1.29, 1.82) is 0 Å². The van der Waals surface area contributed by atoms with Gasteiger partial charge in [-0.05, 0) is 12.8 Å². The van der Waals surface area contributed by atoms with Crippen molar-refractivity contribution in [3.8, 4) is 0 Å². The molecule has 0 aromatic heterocycles. The van der Waals surface area contributed by atoms with Crippen LogP contribution >= 0.6 is 35.7 Å². The van der Waals surface area contributed by atoms with Crippen molar-refractivity contribution in [2.45, 2.75) is 31.2 Å². The van der Waals surface area contributed by atoms with Crippen molar-refractivity contribution < 1.29 is 4.74 Å². The van der Waals surface area contributed by atoms with Crippen LogP contribution in [0.15, 0.2) is 4.99 Å². The zero-order valence-electron chi connectivity index (χ0n) is 13.9. The highest BCUT2D eigenvalue weighted by Gasteiger charge is 2.39. The summed E-state index contributed by atoms with van der Waals surface area (Å²) >= 11 is 2.09. The number of ether oxygens (including phenoxy) is 1. The highest BCUT2D eigenvalue weighted by Crippen LogP contribution is 2.36. The van der Waals surface area contributed by atoms with Gasteiger partial charge in [-0.25, -0.2) is 0 Å². The number of thioether (sulfide) groups is 1. The van der Waals surface area contributed by atoms with Crippen LogP contribution in [0.25, 0.3) is 0 Å². The molecule has 0 aromatic carbocycles. The lowest BCUT2D eigenvalue weighted by Gasteiger charge is -2.43. The average molecular weight is 442 g/mol. The molecule has 2 fully saturated rings. The van der Waals surface area contributed by atoms with E-state index >= 15 is 0 Å². The van der Waals surface area contributed by atoms with Crippen LogP contribution in [0.4, 0.5) is 0 Å². The Labute approximate surface area is 156 Å². The minimum absolute atomic E-state index is 0. The van der Waals surface area contributed by atoms with E-state index in [1.807, 2.05) is 7.05 Å². The summed E-state index contributed by atoms with van der Waals surface area (Å²) in [5.74, 6) is 3.45. The molecule has 7 heteroatoms. The average Bonchev–Trinajstić information content (AvgIpc) is 3.02. The quantitative estimate of drug-likeness (QED) is 0.284. The third-order valence-electron chi connectivity index (χ3n) is 4.62. The zero-order valence-corrected chi connectivity index (χ0v) is 17.0. The molecule has 1 saturated carbocycles. The fraction of sp³-hybridized carbons (Fsp3) is 0.933. The minimum Gasteiger partial charge on any atom is -0.383 e. The molecule has 5 nitrogen and oxygen atoms in total. The van der Waals surface area contributed by atoms with Crippen molar-refractivity contribution >= 4 is 41.7 Å². The molecule has 0 amide bonds. The van der Waals surface area contributed by atoms with E-state index in [-0.39, 0.29) is 24.0 Å². The standard InChI is InChI=1S/C15H30N4OS.HI/c1-16-14(17-7-10-20-2)18-13-15(5-3-4-6-15)19-8-11-21-12-9-19;/h3-13H2,1-2H3,(H2,16,17,18);1H. The van der Waals surface area contributed by atoms with Gasteiger partial charge in [0.05, 0.1) is 6.61 Å². The molecule has 2 aliphatic rings. The predicted octanol–water partition coefficient (Wildman–Crippen LogP) is 1.78. The first-order valence-corrected chi connectivity index (χ1v) is 9.22. The van der Waals surface area contributed by atoms with E-state index in [1.54, 1.807) is 7.11 Å². The Morgan fingerprint density at radius 3 is 2.50 bits per heavy atom. The molecule has 1 saturated heterocycles. The van der Waals surface area contributed by atoms with E-state index in [2.05, 4.69) is 32.3 Å². The van der Waals surface area contributed by atoms with Gasteiger partial charge in [-0.2, -0.15) is 11.8 Å². The van der Waals surface area contributed by atoms with Crippen molar-refractivity contribution in [2.75, 3.05) is 58.4 Å². The Morgan fingerprint density at radius 1 is 1.23 bits per heavy atom. The van der Waals surface area contributed by atoms with E-state index in [0.29, 0.717) is 12.1 Å². The number of rotatable bonds is 6. The Kier molecular flexibility index (Phi) is 10.1. The number of hydrogen-bond donors (Lipinski definition) is 2. The number of hydrogen-bond acceptors (Lipinski definition) is 4. The molecule has 2 rings (SSSR count). The van der Waals surface area contributed by atoms with Gasteiger partial charge in [0.2, 0.25) is 0 Å². The fourth-order valence-corrected chi connectivity index (χ4v) is 4.32. The van der Waals surface area contributed by atoms with Crippen LogP contribution in [0.2, 0.25) is 0 Å². The van der Waals surface area contributed by atoms with E-state index in [0.717, 1.165) is 19.0 Å². The Morgan fingerprint density at radius 2 is 1.91 bits per heavy atom. The number of halogens is 1. The second-order valence-electron chi connectivity index (χ2n) is 5.88. The molecule has 22 heavy (non-hydrogen) atoms. The molecule has 0 unspecified atom stereocenters. The lowest BCUT2D eigenvalue weighted by Crippen LogP contribution is -2.57. The first-order chi connectivity index (χ1) is 10.3. The van der Waals surface area contributed by atoms with Gasteiger partial charge in [0, 0.05) is 57.4 Å². The topological polar surface area (TPSA) is 48.9 Å². The van der Waals surface area contributed by atoms with Gasteiger partial charge in [0.25, 0.3) is 0 Å². The summed E-state index contributed by atoms with van der Waals surface area (Å²) in [7, 11) is 3.56. The molecule has 0 atom stereocenters. The normalized spacial score (nSPS) is 22.2. The lowest BCUT2D eigenvalue weighted by atomic mass is 9.94. The van der Waals surface area contributed by atoms with Crippen molar-refractivity contribution in [2.24, 2.45) is 4.99 Å². The number of guanidine groups is 1. The fourth-order valence-electron chi connectivity index (χ4n) is 3.42. The number of aliphatic imine (C=N–C) groups is 1. The monoisotopic (exact) mass is 442 g/mol. The highest BCUT2D eigenvalue weighted by atomic mass is 127. The molecule has 1 aliphatic carbocycles. The minimum atomic E-state index is 0.